The van der Waals surface area contributed by atoms with Gasteiger partial charge in [-0.2, -0.15) is 13.2 Å². The Kier molecular flexibility index (Phi) is 4.78. The Hall–Kier alpha value is -1.04. The lowest BCUT2D eigenvalue weighted by atomic mass is 9.92. The van der Waals surface area contributed by atoms with Crippen molar-refractivity contribution in [2.24, 2.45) is 11.7 Å². The van der Waals surface area contributed by atoms with Gasteiger partial charge in [0.15, 0.2) is 0 Å². The summed E-state index contributed by atoms with van der Waals surface area (Å²) in [4.78, 5) is 3.96. The molecule has 0 aliphatic heterocycles. The Bertz CT molecular complexity index is 371. The summed E-state index contributed by atoms with van der Waals surface area (Å²) in [6.45, 7) is 5.96. The smallest absolute Gasteiger partial charge is 0.331 e. The summed E-state index contributed by atoms with van der Waals surface area (Å²) in [5.41, 5.74) is 6.48. The first-order valence-electron chi connectivity index (χ1n) is 6.04. The maximum absolute atomic E-state index is 12.4. The average Bonchev–Trinajstić information content (AvgIpc) is 2.64. The van der Waals surface area contributed by atoms with Gasteiger partial charge in [-0.15, -0.1) is 0 Å². The molecule has 0 saturated heterocycles. The third-order valence-corrected chi connectivity index (χ3v) is 3.14. The lowest BCUT2D eigenvalue weighted by molar-refractivity contribution is -0.141. The van der Waals surface area contributed by atoms with E-state index in [9.17, 15) is 13.2 Å². The van der Waals surface area contributed by atoms with Crippen LogP contribution >= 0.6 is 0 Å². The molecule has 0 spiro atoms. The van der Waals surface area contributed by atoms with Crippen molar-refractivity contribution in [2.45, 2.75) is 45.3 Å². The van der Waals surface area contributed by atoms with Gasteiger partial charge in [0.05, 0.1) is 12.7 Å². The first-order chi connectivity index (χ1) is 8.26. The summed E-state index contributed by atoms with van der Waals surface area (Å²) in [6, 6.07) is -0.657. The van der Waals surface area contributed by atoms with E-state index >= 15 is 0 Å². The van der Waals surface area contributed by atoms with Crippen molar-refractivity contribution in [3.05, 3.63) is 18.2 Å². The number of hydrogen-bond acceptors (Lipinski definition) is 2. The minimum absolute atomic E-state index is 0.0307. The topological polar surface area (TPSA) is 43.8 Å². The fraction of sp³-hybridized carbons (Fsp3) is 0.750. The molecular weight excluding hydrogens is 243 g/mol. The molecule has 0 aliphatic carbocycles. The highest BCUT2D eigenvalue weighted by Crippen LogP contribution is 2.31. The van der Waals surface area contributed by atoms with Crippen LogP contribution in [-0.4, -0.2) is 22.3 Å². The quantitative estimate of drug-likeness (QED) is 0.887. The molecule has 0 amide bonds. The van der Waals surface area contributed by atoms with Gasteiger partial charge in [-0.05, 0) is 12.8 Å². The van der Waals surface area contributed by atoms with Gasteiger partial charge in [0.1, 0.15) is 0 Å². The molecule has 0 fully saturated rings. The maximum Gasteiger partial charge on any atom is 0.391 e. The fourth-order valence-electron chi connectivity index (χ4n) is 2.14. The van der Waals surface area contributed by atoms with Crippen molar-refractivity contribution in [2.75, 3.05) is 6.54 Å². The van der Waals surface area contributed by atoms with Crippen LogP contribution in [0.3, 0.4) is 0 Å². The molecule has 0 saturated carbocycles. The molecule has 0 aromatic carbocycles. The molecule has 2 unspecified atom stereocenters. The first kappa shape index (κ1) is 15.0. The summed E-state index contributed by atoms with van der Waals surface area (Å²) < 4.78 is 38.8. The minimum Gasteiger partial charge on any atom is -0.331 e. The van der Waals surface area contributed by atoms with Gasteiger partial charge in [0.25, 0.3) is 0 Å². The highest BCUT2D eigenvalue weighted by Gasteiger charge is 2.32. The van der Waals surface area contributed by atoms with Crippen molar-refractivity contribution < 1.29 is 13.2 Å². The van der Waals surface area contributed by atoms with Gasteiger partial charge in [-0.1, -0.05) is 13.8 Å². The molecule has 0 radical (unpaired) electrons. The second-order valence-corrected chi connectivity index (χ2v) is 4.98. The summed E-state index contributed by atoms with van der Waals surface area (Å²) in [5, 5.41) is 0. The number of alkyl halides is 3. The molecule has 1 heterocycles. The zero-order chi connectivity index (χ0) is 13.9. The summed E-state index contributed by atoms with van der Waals surface area (Å²) in [5.74, 6) is 0.298. The van der Waals surface area contributed by atoms with Gasteiger partial charge in [0.2, 0.25) is 0 Å². The average molecular weight is 263 g/mol. The van der Waals surface area contributed by atoms with Crippen LogP contribution < -0.4 is 5.73 Å². The number of halogens is 3. The Morgan fingerprint density at radius 1 is 1.33 bits per heavy atom. The lowest BCUT2D eigenvalue weighted by Crippen LogP contribution is -2.24. The normalized spacial score (nSPS) is 16.0. The van der Waals surface area contributed by atoms with Crippen molar-refractivity contribution in [1.29, 1.82) is 0 Å². The molecule has 18 heavy (non-hydrogen) atoms. The monoisotopic (exact) mass is 263 g/mol. The van der Waals surface area contributed by atoms with Crippen molar-refractivity contribution in [1.82, 2.24) is 9.55 Å². The molecule has 104 valence electrons. The first-order valence-corrected chi connectivity index (χ1v) is 6.04. The van der Waals surface area contributed by atoms with Crippen molar-refractivity contribution in [3.8, 4) is 0 Å². The van der Waals surface area contributed by atoms with Gasteiger partial charge in [-0.3, -0.25) is 0 Å². The number of hydrogen-bond donors (Lipinski definition) is 1. The molecule has 0 aliphatic rings. The van der Waals surface area contributed by atoms with Crippen molar-refractivity contribution >= 4 is 0 Å². The van der Waals surface area contributed by atoms with Crippen LogP contribution in [0, 0.1) is 5.92 Å². The second-order valence-electron chi connectivity index (χ2n) is 4.98. The number of aromatic nitrogens is 2. The molecule has 1 aromatic heterocycles. The van der Waals surface area contributed by atoms with E-state index in [2.05, 4.69) is 4.98 Å². The zero-order valence-corrected chi connectivity index (χ0v) is 10.9. The fourth-order valence-corrected chi connectivity index (χ4v) is 2.14. The van der Waals surface area contributed by atoms with Crippen molar-refractivity contribution in [3.63, 3.8) is 0 Å². The van der Waals surface area contributed by atoms with Crippen LogP contribution in [0.1, 0.15) is 44.8 Å². The standard InChI is InChI=1S/C12H20F3N3/c1-8(2)10(5-16)11-6-17-7-18(11)9(3)4-12(13,14)15/h6-10H,4-5,16H2,1-3H3. The minimum atomic E-state index is -4.17. The summed E-state index contributed by atoms with van der Waals surface area (Å²) in [7, 11) is 0. The molecule has 2 N–H and O–H groups in total. The third-order valence-electron chi connectivity index (χ3n) is 3.14. The SMILES string of the molecule is CC(C)C(CN)c1cncn1C(C)CC(F)(F)F. The van der Waals surface area contributed by atoms with Crippen LogP contribution in [0.15, 0.2) is 12.5 Å². The number of rotatable bonds is 5. The van der Waals surface area contributed by atoms with Gasteiger partial charge in [0, 0.05) is 30.4 Å². The largest absolute Gasteiger partial charge is 0.391 e. The Morgan fingerprint density at radius 2 is 1.94 bits per heavy atom. The Labute approximate surface area is 105 Å². The van der Waals surface area contributed by atoms with E-state index in [1.165, 1.54) is 6.33 Å². The zero-order valence-electron chi connectivity index (χ0n) is 10.9. The Morgan fingerprint density at radius 3 is 2.39 bits per heavy atom. The van der Waals surface area contributed by atoms with E-state index in [1.54, 1.807) is 17.7 Å². The molecular formula is C12H20F3N3. The molecule has 1 aromatic rings. The number of nitrogens with two attached hydrogens (primary N) is 1. The summed E-state index contributed by atoms with van der Waals surface area (Å²) >= 11 is 0. The predicted octanol–water partition coefficient (Wildman–Crippen LogP) is 3.09. The summed E-state index contributed by atoms with van der Waals surface area (Å²) in [6.07, 6.45) is -1.95. The number of imidazole rings is 1. The van der Waals surface area contributed by atoms with E-state index in [0.717, 1.165) is 5.69 Å². The van der Waals surface area contributed by atoms with Crippen LogP contribution in [0.4, 0.5) is 13.2 Å². The van der Waals surface area contributed by atoms with E-state index in [4.69, 9.17) is 5.73 Å². The van der Waals surface area contributed by atoms with Crippen LogP contribution in [0.2, 0.25) is 0 Å². The van der Waals surface area contributed by atoms with Gasteiger partial charge >= 0.3 is 6.18 Å². The van der Waals surface area contributed by atoms with E-state index in [0.29, 0.717) is 6.54 Å². The van der Waals surface area contributed by atoms with Gasteiger partial charge < -0.3 is 10.3 Å². The molecule has 6 heteroatoms. The maximum atomic E-state index is 12.4. The highest BCUT2D eigenvalue weighted by molar-refractivity contribution is 5.09. The highest BCUT2D eigenvalue weighted by atomic mass is 19.4. The molecule has 0 bridgehead atoms. The molecule has 1 rings (SSSR count). The third kappa shape index (κ3) is 3.73. The van der Waals surface area contributed by atoms with E-state index in [1.807, 2.05) is 13.8 Å². The van der Waals surface area contributed by atoms with E-state index < -0.39 is 18.6 Å². The van der Waals surface area contributed by atoms with Crippen LogP contribution in [0.25, 0.3) is 0 Å². The van der Waals surface area contributed by atoms with Gasteiger partial charge in [-0.25, -0.2) is 4.98 Å². The van der Waals surface area contributed by atoms with Crippen LogP contribution in [-0.2, 0) is 0 Å². The predicted molar refractivity (Wildman–Crippen MR) is 64.2 cm³/mol. The molecule has 3 nitrogen and oxygen atoms in total. The van der Waals surface area contributed by atoms with Crippen LogP contribution in [0.5, 0.6) is 0 Å². The molecule has 2 atom stereocenters. The second kappa shape index (κ2) is 5.73. The lowest BCUT2D eigenvalue weighted by Gasteiger charge is -2.24. The number of nitrogens with zero attached hydrogens (tertiary/aromatic N) is 2. The van der Waals surface area contributed by atoms with E-state index in [-0.39, 0.29) is 11.8 Å². The Balaban J connectivity index is 2.94.